The first-order valence-electron chi connectivity index (χ1n) is 21.5. The normalized spacial score (nSPS) is 11.3. The van der Waals surface area contributed by atoms with E-state index in [1.54, 1.807) is 0 Å². The van der Waals surface area contributed by atoms with Crippen LogP contribution < -0.4 is 0 Å². The number of unbranched alkanes of at least 4 members (excludes halogenated alkanes) is 4. The molecule has 0 spiro atoms. The van der Waals surface area contributed by atoms with E-state index in [9.17, 15) is 0 Å². The quantitative estimate of drug-likeness (QED) is 0.0683. The van der Waals surface area contributed by atoms with Crippen LogP contribution in [0.1, 0.15) is 102 Å². The Morgan fingerprint density at radius 1 is 0.491 bits per heavy atom. The molecule has 0 fully saturated rings. The topological polar surface area (TPSA) is 42.1 Å². The fourth-order valence-corrected chi connectivity index (χ4v) is 7.72. The lowest BCUT2D eigenvalue weighted by molar-refractivity contribution is 0.245. The summed E-state index contributed by atoms with van der Waals surface area (Å²) in [4.78, 5) is 14.9. The van der Waals surface area contributed by atoms with Crippen molar-refractivity contribution in [2.75, 3.05) is 13.1 Å². The summed E-state index contributed by atoms with van der Waals surface area (Å²) >= 11 is 3.78. The fourth-order valence-electron chi connectivity index (χ4n) is 7.21. The Morgan fingerprint density at radius 2 is 0.930 bits per heavy atom. The summed E-state index contributed by atoms with van der Waals surface area (Å²) in [5, 5.41) is 0. The Balaban J connectivity index is 0.000000218. The first kappa shape index (κ1) is 43.8. The van der Waals surface area contributed by atoms with E-state index in [0.717, 1.165) is 75.0 Å². The van der Waals surface area contributed by atoms with Gasteiger partial charge in [0.15, 0.2) is 0 Å². The SMILES string of the molecule is CCCCN(Cc1ccccc1)Cc1c(Br)nc(-c2ccccc2)n1CCCC.CCCCN(Cc1ccccc1)Cc1cnc(-c2ccccc2)n1CCCC. The van der Waals surface area contributed by atoms with Gasteiger partial charge in [-0.15, -0.1) is 0 Å². The van der Waals surface area contributed by atoms with Gasteiger partial charge in [-0.05, 0) is 65.8 Å². The number of hydrogen-bond acceptors (Lipinski definition) is 4. The van der Waals surface area contributed by atoms with Gasteiger partial charge in [-0.1, -0.05) is 175 Å². The van der Waals surface area contributed by atoms with Crippen LogP contribution in [-0.2, 0) is 39.3 Å². The second kappa shape index (κ2) is 24.5. The van der Waals surface area contributed by atoms with Gasteiger partial charge in [0.25, 0.3) is 0 Å². The molecule has 0 aliphatic rings. The minimum absolute atomic E-state index is 0.902. The molecular weight excluding hydrogens is 764 g/mol. The molecule has 2 aromatic heterocycles. The zero-order valence-corrected chi connectivity index (χ0v) is 36.6. The Labute approximate surface area is 352 Å². The van der Waals surface area contributed by atoms with E-state index in [2.05, 4.69) is 190 Å². The second-order valence-corrected chi connectivity index (χ2v) is 15.8. The molecule has 0 atom stereocenters. The van der Waals surface area contributed by atoms with E-state index in [1.165, 1.54) is 78.6 Å². The standard InChI is InChI=1S/C25H32BrN3.C25H33N3/c1-3-5-17-28(19-21-13-9-7-10-14-21)20-23-24(26)27-25(29(23)18-6-4-2)22-15-11-8-12-16-22;1-3-5-17-27(20-22-13-9-7-10-14-22)21-24-19-26-25(28(24)18-6-4-2)23-15-11-8-12-16-23/h7-16H,3-6,17-20H2,1-2H3;7-16,19H,3-6,17-18,20-21H2,1-2H3. The predicted octanol–water partition coefficient (Wildman–Crippen LogP) is 13.1. The van der Waals surface area contributed by atoms with Crippen molar-refractivity contribution < 1.29 is 0 Å². The number of imidazole rings is 2. The Bertz CT molecular complexity index is 1960. The zero-order chi connectivity index (χ0) is 40.1. The number of halogens is 1. The van der Waals surface area contributed by atoms with Gasteiger partial charge >= 0.3 is 0 Å². The molecule has 0 bridgehead atoms. The Kier molecular flexibility index (Phi) is 18.8. The molecule has 6 rings (SSSR count). The second-order valence-electron chi connectivity index (χ2n) is 15.1. The van der Waals surface area contributed by atoms with Gasteiger partial charge in [0, 0.05) is 50.4 Å². The lowest BCUT2D eigenvalue weighted by atomic mass is 10.2. The average Bonchev–Trinajstić information content (AvgIpc) is 3.80. The van der Waals surface area contributed by atoms with E-state index in [0.29, 0.717) is 0 Å². The van der Waals surface area contributed by atoms with E-state index >= 15 is 0 Å². The van der Waals surface area contributed by atoms with E-state index in [4.69, 9.17) is 9.97 Å². The minimum atomic E-state index is 0.902. The molecule has 0 saturated heterocycles. The first-order chi connectivity index (χ1) is 28.0. The molecule has 6 nitrogen and oxygen atoms in total. The Morgan fingerprint density at radius 3 is 1.42 bits per heavy atom. The van der Waals surface area contributed by atoms with Gasteiger partial charge in [0.2, 0.25) is 0 Å². The molecule has 0 N–H and O–H groups in total. The van der Waals surface area contributed by atoms with Crippen molar-refractivity contribution in [3.05, 3.63) is 155 Å². The minimum Gasteiger partial charge on any atom is -0.327 e. The maximum Gasteiger partial charge on any atom is 0.141 e. The molecule has 0 saturated carbocycles. The van der Waals surface area contributed by atoms with Crippen molar-refractivity contribution in [2.45, 2.75) is 118 Å². The van der Waals surface area contributed by atoms with Crippen molar-refractivity contribution in [1.29, 1.82) is 0 Å². The smallest absolute Gasteiger partial charge is 0.141 e. The first-order valence-corrected chi connectivity index (χ1v) is 22.3. The summed E-state index contributed by atoms with van der Waals surface area (Å²) < 4.78 is 5.83. The maximum atomic E-state index is 4.93. The van der Waals surface area contributed by atoms with Gasteiger partial charge in [0.05, 0.1) is 17.6 Å². The van der Waals surface area contributed by atoms with Crippen molar-refractivity contribution in [2.24, 2.45) is 0 Å². The van der Waals surface area contributed by atoms with Crippen molar-refractivity contribution in [1.82, 2.24) is 28.9 Å². The van der Waals surface area contributed by atoms with Crippen molar-refractivity contribution >= 4 is 15.9 Å². The van der Waals surface area contributed by atoms with Crippen LogP contribution in [-0.4, -0.2) is 42.0 Å². The van der Waals surface area contributed by atoms with Crippen molar-refractivity contribution in [3.63, 3.8) is 0 Å². The molecule has 0 radical (unpaired) electrons. The molecule has 0 aliphatic heterocycles. The van der Waals surface area contributed by atoms with Gasteiger partial charge in [-0.25, -0.2) is 9.97 Å². The third-order valence-corrected chi connectivity index (χ3v) is 11.0. The summed E-state index contributed by atoms with van der Waals surface area (Å²) in [5.41, 5.74) is 7.72. The average molecular weight is 830 g/mol. The molecule has 6 aromatic rings. The van der Waals surface area contributed by atoms with Crippen molar-refractivity contribution in [3.8, 4) is 22.8 Å². The molecule has 7 heteroatoms. The summed E-state index contributed by atoms with van der Waals surface area (Å²) in [6.45, 7) is 17.1. The lowest BCUT2D eigenvalue weighted by Crippen LogP contribution is -2.25. The van der Waals surface area contributed by atoms with E-state index < -0.39 is 0 Å². The molecule has 302 valence electrons. The third-order valence-electron chi connectivity index (χ3n) is 10.4. The molecular formula is C50H65BrN6. The van der Waals surface area contributed by atoms with Crippen LogP contribution in [0.4, 0.5) is 0 Å². The van der Waals surface area contributed by atoms with E-state index in [-0.39, 0.29) is 0 Å². The highest BCUT2D eigenvalue weighted by Crippen LogP contribution is 2.28. The summed E-state index contributed by atoms with van der Waals surface area (Å²) in [6.07, 6.45) is 11.6. The third kappa shape index (κ3) is 13.7. The number of nitrogens with zero attached hydrogens (tertiary/aromatic N) is 6. The van der Waals surface area contributed by atoms with Crippen LogP contribution in [0, 0.1) is 0 Å². The van der Waals surface area contributed by atoms with Gasteiger partial charge in [0.1, 0.15) is 16.3 Å². The summed E-state index contributed by atoms with van der Waals surface area (Å²) in [5.74, 6) is 2.16. The number of hydrogen-bond donors (Lipinski definition) is 0. The highest BCUT2D eigenvalue weighted by atomic mass is 79.9. The molecule has 4 aromatic carbocycles. The highest BCUT2D eigenvalue weighted by molar-refractivity contribution is 9.10. The molecule has 57 heavy (non-hydrogen) atoms. The summed E-state index contributed by atoms with van der Waals surface area (Å²) in [7, 11) is 0. The zero-order valence-electron chi connectivity index (χ0n) is 35.0. The van der Waals surface area contributed by atoms with Crippen LogP contribution in [0.25, 0.3) is 22.8 Å². The molecule has 0 unspecified atom stereocenters. The predicted molar refractivity (Wildman–Crippen MR) is 244 cm³/mol. The Hall–Kier alpha value is -4.30. The van der Waals surface area contributed by atoms with Crippen LogP contribution in [0.3, 0.4) is 0 Å². The molecule has 0 aliphatic carbocycles. The van der Waals surface area contributed by atoms with Gasteiger partial charge < -0.3 is 9.13 Å². The largest absolute Gasteiger partial charge is 0.327 e. The lowest BCUT2D eigenvalue weighted by Gasteiger charge is -2.23. The maximum absolute atomic E-state index is 4.93. The number of rotatable bonds is 22. The van der Waals surface area contributed by atoms with Crippen LogP contribution in [0.5, 0.6) is 0 Å². The molecule has 2 heterocycles. The van der Waals surface area contributed by atoms with Crippen LogP contribution in [0.2, 0.25) is 0 Å². The molecule has 0 amide bonds. The number of aromatic nitrogens is 4. The van der Waals surface area contributed by atoms with Crippen LogP contribution >= 0.6 is 15.9 Å². The number of benzene rings is 4. The van der Waals surface area contributed by atoms with E-state index in [1.807, 2.05) is 0 Å². The summed E-state index contributed by atoms with van der Waals surface area (Å²) in [6, 6.07) is 42.7. The van der Waals surface area contributed by atoms with Gasteiger partial charge in [-0.2, -0.15) is 0 Å². The van der Waals surface area contributed by atoms with Gasteiger partial charge in [-0.3, -0.25) is 9.80 Å². The highest BCUT2D eigenvalue weighted by Gasteiger charge is 2.20. The van der Waals surface area contributed by atoms with Crippen LogP contribution in [0.15, 0.2) is 132 Å². The monoisotopic (exact) mass is 828 g/mol. The fraction of sp³-hybridized carbons (Fsp3) is 0.400.